The maximum absolute atomic E-state index is 11.8. The summed E-state index contributed by atoms with van der Waals surface area (Å²) in [6.07, 6.45) is 1.79. The Morgan fingerprint density at radius 3 is 2.56 bits per heavy atom. The summed E-state index contributed by atoms with van der Waals surface area (Å²) in [7, 11) is -2.08. The number of rotatable bonds is 7. The predicted octanol–water partition coefficient (Wildman–Crippen LogP) is 0.116. The van der Waals surface area contributed by atoms with Crippen LogP contribution >= 0.6 is 0 Å². The molecule has 0 aromatic heterocycles. The van der Waals surface area contributed by atoms with Gasteiger partial charge in [-0.15, -0.1) is 0 Å². The van der Waals surface area contributed by atoms with Crippen molar-refractivity contribution in [1.82, 2.24) is 4.31 Å². The lowest BCUT2D eigenvalue weighted by Crippen LogP contribution is -2.63. The zero-order valence-electron chi connectivity index (χ0n) is 10.9. The van der Waals surface area contributed by atoms with Crippen LogP contribution in [0.3, 0.4) is 0 Å². The number of esters is 1. The first-order valence-corrected chi connectivity index (χ1v) is 7.71. The molecule has 0 atom stereocenters. The van der Waals surface area contributed by atoms with Crippen LogP contribution in [0.2, 0.25) is 0 Å². The third-order valence-corrected chi connectivity index (χ3v) is 4.91. The maximum Gasteiger partial charge on any atom is 0.305 e. The number of sulfonamides is 1. The van der Waals surface area contributed by atoms with Gasteiger partial charge in [0.1, 0.15) is 0 Å². The second-order valence-electron chi connectivity index (χ2n) is 4.74. The summed E-state index contributed by atoms with van der Waals surface area (Å²) in [5, 5.41) is 9.92. The van der Waals surface area contributed by atoms with E-state index >= 15 is 0 Å². The molecule has 0 bridgehead atoms. The normalized spacial score (nSPS) is 19.3. The fraction of sp³-hybridized carbons (Fsp3) is 0.909. The van der Waals surface area contributed by atoms with E-state index in [2.05, 4.69) is 4.74 Å². The molecule has 0 aromatic carbocycles. The number of β-amino-alcohol motifs (C(OH)–C–C–N with tert-alkyl or cyclic N) is 1. The molecule has 0 unspecified atom stereocenters. The minimum atomic E-state index is -3.35. The van der Waals surface area contributed by atoms with Crippen LogP contribution in [0.15, 0.2) is 0 Å². The quantitative estimate of drug-likeness (QED) is 0.669. The third-order valence-electron chi connectivity index (χ3n) is 3.06. The van der Waals surface area contributed by atoms with Crippen LogP contribution < -0.4 is 0 Å². The molecular weight excluding hydrogens is 258 g/mol. The monoisotopic (exact) mass is 279 g/mol. The summed E-state index contributed by atoms with van der Waals surface area (Å²) in [6.45, 7) is 2.29. The summed E-state index contributed by atoms with van der Waals surface area (Å²) in [4.78, 5) is 10.9. The molecule has 1 aliphatic rings. The average Bonchev–Trinajstić information content (AvgIpc) is 2.25. The van der Waals surface area contributed by atoms with Crippen molar-refractivity contribution < 1.29 is 23.1 Å². The molecular formula is C11H21NO5S. The van der Waals surface area contributed by atoms with E-state index < -0.39 is 21.6 Å². The second kappa shape index (κ2) is 5.99. The van der Waals surface area contributed by atoms with Gasteiger partial charge >= 0.3 is 5.97 Å². The SMILES string of the molecule is CCCC1(O)CN(S(=O)(=O)CCCC(=O)OC)C1. The molecule has 106 valence electrons. The first-order chi connectivity index (χ1) is 8.33. The molecule has 1 N–H and O–H groups in total. The molecule has 7 heteroatoms. The van der Waals surface area contributed by atoms with Crippen molar-refractivity contribution in [1.29, 1.82) is 0 Å². The Balaban J connectivity index is 2.36. The van der Waals surface area contributed by atoms with E-state index in [4.69, 9.17) is 0 Å². The molecule has 0 aromatic rings. The minimum Gasteiger partial charge on any atom is -0.469 e. The Morgan fingerprint density at radius 2 is 2.06 bits per heavy atom. The molecule has 0 aliphatic carbocycles. The van der Waals surface area contributed by atoms with Crippen molar-refractivity contribution in [3.8, 4) is 0 Å². The van der Waals surface area contributed by atoms with E-state index in [9.17, 15) is 18.3 Å². The van der Waals surface area contributed by atoms with Gasteiger partial charge in [0.05, 0.1) is 18.5 Å². The molecule has 0 spiro atoms. The van der Waals surface area contributed by atoms with Gasteiger partial charge in [0.2, 0.25) is 10.0 Å². The van der Waals surface area contributed by atoms with Crippen LogP contribution in [0.4, 0.5) is 0 Å². The standard InChI is InChI=1S/C11H21NO5S/c1-3-6-11(14)8-12(9-11)18(15,16)7-4-5-10(13)17-2/h14H,3-9H2,1-2H3. The van der Waals surface area contributed by atoms with Gasteiger partial charge in [-0.2, -0.15) is 4.31 Å². The van der Waals surface area contributed by atoms with Crippen LogP contribution in [0.25, 0.3) is 0 Å². The van der Waals surface area contributed by atoms with Gasteiger partial charge in [-0.3, -0.25) is 4.79 Å². The Bertz CT molecular complexity index is 386. The van der Waals surface area contributed by atoms with Gasteiger partial charge in [-0.05, 0) is 12.8 Å². The highest BCUT2D eigenvalue weighted by Crippen LogP contribution is 2.28. The smallest absolute Gasteiger partial charge is 0.305 e. The van der Waals surface area contributed by atoms with Gasteiger partial charge in [0, 0.05) is 19.5 Å². The van der Waals surface area contributed by atoms with Crippen LogP contribution in [-0.2, 0) is 19.6 Å². The van der Waals surface area contributed by atoms with Crippen LogP contribution in [0.1, 0.15) is 32.6 Å². The highest BCUT2D eigenvalue weighted by molar-refractivity contribution is 7.89. The van der Waals surface area contributed by atoms with Crippen molar-refractivity contribution in [2.24, 2.45) is 0 Å². The van der Waals surface area contributed by atoms with E-state index in [0.29, 0.717) is 6.42 Å². The molecule has 0 amide bonds. The summed E-state index contributed by atoms with van der Waals surface area (Å²) in [6, 6.07) is 0. The molecule has 1 aliphatic heterocycles. The molecule has 6 nitrogen and oxygen atoms in total. The number of hydrogen-bond donors (Lipinski definition) is 1. The van der Waals surface area contributed by atoms with Gasteiger partial charge < -0.3 is 9.84 Å². The lowest BCUT2D eigenvalue weighted by atomic mass is 9.92. The molecule has 1 rings (SSSR count). The Kier molecular flexibility index (Phi) is 5.12. The summed E-state index contributed by atoms with van der Waals surface area (Å²) in [5.74, 6) is -0.485. The van der Waals surface area contributed by atoms with Crippen LogP contribution in [0.5, 0.6) is 0 Å². The molecule has 0 saturated carbocycles. The zero-order valence-corrected chi connectivity index (χ0v) is 11.7. The Labute approximate surface area is 108 Å². The molecule has 1 fully saturated rings. The lowest BCUT2D eigenvalue weighted by Gasteiger charge is -2.45. The number of carbonyl (C=O) groups excluding carboxylic acids is 1. The van der Waals surface area contributed by atoms with Gasteiger partial charge in [0.15, 0.2) is 0 Å². The summed E-state index contributed by atoms with van der Waals surface area (Å²) >= 11 is 0. The second-order valence-corrected chi connectivity index (χ2v) is 6.83. The highest BCUT2D eigenvalue weighted by atomic mass is 32.2. The van der Waals surface area contributed by atoms with Crippen molar-refractivity contribution in [2.75, 3.05) is 26.0 Å². The number of aliphatic hydroxyl groups is 1. The van der Waals surface area contributed by atoms with Crippen molar-refractivity contribution in [2.45, 2.75) is 38.2 Å². The van der Waals surface area contributed by atoms with Gasteiger partial charge in [0.25, 0.3) is 0 Å². The first-order valence-electron chi connectivity index (χ1n) is 6.10. The van der Waals surface area contributed by atoms with Crippen molar-refractivity contribution in [3.63, 3.8) is 0 Å². The lowest BCUT2D eigenvalue weighted by molar-refractivity contribution is -0.140. The largest absolute Gasteiger partial charge is 0.469 e. The zero-order chi connectivity index (χ0) is 13.8. The van der Waals surface area contributed by atoms with E-state index in [1.807, 2.05) is 6.92 Å². The number of hydrogen-bond acceptors (Lipinski definition) is 5. The maximum atomic E-state index is 11.8. The Hall–Kier alpha value is -0.660. The predicted molar refractivity (Wildman–Crippen MR) is 66.5 cm³/mol. The van der Waals surface area contributed by atoms with E-state index in [0.717, 1.165) is 6.42 Å². The number of methoxy groups -OCH3 is 1. The fourth-order valence-corrected chi connectivity index (χ4v) is 3.70. The van der Waals surface area contributed by atoms with Gasteiger partial charge in [-0.1, -0.05) is 13.3 Å². The molecule has 18 heavy (non-hydrogen) atoms. The number of ether oxygens (including phenoxy) is 1. The van der Waals surface area contributed by atoms with E-state index in [1.54, 1.807) is 0 Å². The topological polar surface area (TPSA) is 83.9 Å². The third kappa shape index (κ3) is 3.93. The van der Waals surface area contributed by atoms with Crippen LogP contribution in [0, 0.1) is 0 Å². The van der Waals surface area contributed by atoms with Gasteiger partial charge in [-0.25, -0.2) is 8.42 Å². The highest BCUT2D eigenvalue weighted by Gasteiger charge is 2.45. The van der Waals surface area contributed by atoms with E-state index in [-0.39, 0.29) is 31.7 Å². The molecule has 1 saturated heterocycles. The Morgan fingerprint density at radius 1 is 1.44 bits per heavy atom. The molecule has 0 radical (unpaired) electrons. The van der Waals surface area contributed by atoms with Crippen LogP contribution in [-0.4, -0.2) is 55.4 Å². The van der Waals surface area contributed by atoms with E-state index in [1.165, 1.54) is 11.4 Å². The number of nitrogens with zero attached hydrogens (tertiary/aromatic N) is 1. The van der Waals surface area contributed by atoms with Crippen molar-refractivity contribution >= 4 is 16.0 Å². The average molecular weight is 279 g/mol. The summed E-state index contributed by atoms with van der Waals surface area (Å²) < 4.78 is 29.4. The molecule has 1 heterocycles. The van der Waals surface area contributed by atoms with Crippen molar-refractivity contribution in [3.05, 3.63) is 0 Å². The fourth-order valence-electron chi connectivity index (χ4n) is 2.06. The number of carbonyl (C=O) groups is 1. The summed E-state index contributed by atoms with van der Waals surface area (Å²) in [5.41, 5.74) is -0.857. The minimum absolute atomic E-state index is 0.0791. The first kappa shape index (κ1) is 15.4.